The molecule has 0 saturated carbocycles. The SMILES string of the molecule is COc1ccc(-c2cn3ccccc3n2)cc1NS(=O)(=O)c1ccc(C)c(Cl)c1. The van der Waals surface area contributed by atoms with Gasteiger partial charge in [-0.15, -0.1) is 0 Å². The molecule has 0 bridgehead atoms. The molecule has 2 aromatic heterocycles. The van der Waals surface area contributed by atoms with Gasteiger partial charge in [-0.2, -0.15) is 0 Å². The lowest BCUT2D eigenvalue weighted by molar-refractivity contribution is 0.417. The third-order valence-electron chi connectivity index (χ3n) is 4.56. The Balaban J connectivity index is 1.74. The van der Waals surface area contributed by atoms with Gasteiger partial charge in [0.25, 0.3) is 10.0 Å². The number of sulfonamides is 1. The molecule has 0 spiro atoms. The average Bonchev–Trinajstić information content (AvgIpc) is 3.14. The van der Waals surface area contributed by atoms with Gasteiger partial charge in [0, 0.05) is 23.0 Å². The summed E-state index contributed by atoms with van der Waals surface area (Å²) >= 11 is 6.10. The van der Waals surface area contributed by atoms with Gasteiger partial charge in [0.2, 0.25) is 0 Å². The number of pyridine rings is 1. The fourth-order valence-electron chi connectivity index (χ4n) is 2.97. The van der Waals surface area contributed by atoms with Crippen molar-refractivity contribution < 1.29 is 13.2 Å². The summed E-state index contributed by atoms with van der Waals surface area (Å²) in [5.74, 6) is 0.402. The van der Waals surface area contributed by atoms with E-state index in [0.717, 1.165) is 22.5 Å². The van der Waals surface area contributed by atoms with E-state index in [0.29, 0.717) is 16.5 Å². The number of aromatic nitrogens is 2. The minimum atomic E-state index is -3.85. The van der Waals surface area contributed by atoms with Gasteiger partial charge in [0.1, 0.15) is 11.4 Å². The maximum Gasteiger partial charge on any atom is 0.262 e. The molecule has 2 heterocycles. The van der Waals surface area contributed by atoms with Crippen molar-refractivity contribution in [2.24, 2.45) is 0 Å². The number of benzene rings is 2. The highest BCUT2D eigenvalue weighted by Crippen LogP contribution is 2.32. The van der Waals surface area contributed by atoms with Gasteiger partial charge in [-0.25, -0.2) is 13.4 Å². The summed E-state index contributed by atoms with van der Waals surface area (Å²) in [7, 11) is -2.36. The van der Waals surface area contributed by atoms with Gasteiger partial charge in [-0.3, -0.25) is 4.72 Å². The Morgan fingerprint density at radius 1 is 1.10 bits per heavy atom. The number of fused-ring (bicyclic) bond motifs is 1. The van der Waals surface area contributed by atoms with Crippen LogP contribution in [-0.4, -0.2) is 24.9 Å². The number of nitrogens with one attached hydrogen (secondary N) is 1. The Hall–Kier alpha value is -3.03. The summed E-state index contributed by atoms with van der Waals surface area (Å²) in [6.07, 6.45) is 3.79. The predicted molar refractivity (Wildman–Crippen MR) is 114 cm³/mol. The average molecular weight is 428 g/mol. The number of methoxy groups -OCH3 is 1. The van der Waals surface area contributed by atoms with Crippen molar-refractivity contribution in [1.82, 2.24) is 9.38 Å². The van der Waals surface area contributed by atoms with Gasteiger partial charge < -0.3 is 9.14 Å². The van der Waals surface area contributed by atoms with Crippen LogP contribution in [0, 0.1) is 6.92 Å². The van der Waals surface area contributed by atoms with E-state index in [9.17, 15) is 8.42 Å². The maximum absolute atomic E-state index is 12.9. The molecule has 148 valence electrons. The fourth-order valence-corrected chi connectivity index (χ4v) is 4.30. The van der Waals surface area contributed by atoms with Gasteiger partial charge >= 0.3 is 0 Å². The minimum Gasteiger partial charge on any atom is -0.495 e. The van der Waals surface area contributed by atoms with Crippen LogP contribution in [0.2, 0.25) is 5.02 Å². The van der Waals surface area contributed by atoms with Gasteiger partial charge in [-0.1, -0.05) is 23.7 Å². The zero-order chi connectivity index (χ0) is 20.6. The van der Waals surface area contributed by atoms with Gasteiger partial charge in [0.05, 0.1) is 23.4 Å². The Kier molecular flexibility index (Phi) is 4.94. The smallest absolute Gasteiger partial charge is 0.262 e. The molecule has 0 aliphatic heterocycles. The van der Waals surface area contributed by atoms with Crippen molar-refractivity contribution in [3.8, 4) is 17.0 Å². The van der Waals surface area contributed by atoms with Crippen molar-refractivity contribution in [2.45, 2.75) is 11.8 Å². The van der Waals surface area contributed by atoms with Crippen LogP contribution in [-0.2, 0) is 10.0 Å². The molecule has 2 aromatic carbocycles. The molecule has 0 fully saturated rings. The highest BCUT2D eigenvalue weighted by atomic mass is 35.5. The number of anilines is 1. The van der Waals surface area contributed by atoms with E-state index in [2.05, 4.69) is 9.71 Å². The molecule has 0 amide bonds. The first-order chi connectivity index (χ1) is 13.9. The summed E-state index contributed by atoms with van der Waals surface area (Å²) in [4.78, 5) is 4.66. The van der Waals surface area contributed by atoms with Gasteiger partial charge in [0.15, 0.2) is 0 Å². The van der Waals surface area contributed by atoms with Crippen LogP contribution in [0.3, 0.4) is 0 Å². The first-order valence-electron chi connectivity index (χ1n) is 8.78. The van der Waals surface area contributed by atoms with E-state index in [1.54, 1.807) is 18.2 Å². The van der Waals surface area contributed by atoms with Crippen LogP contribution in [0.4, 0.5) is 5.69 Å². The van der Waals surface area contributed by atoms with Crippen LogP contribution >= 0.6 is 11.6 Å². The first kappa shape index (κ1) is 19.3. The number of hydrogen-bond donors (Lipinski definition) is 1. The number of halogens is 1. The van der Waals surface area contributed by atoms with Crippen LogP contribution in [0.15, 0.2) is 71.9 Å². The molecule has 0 unspecified atom stereocenters. The number of nitrogens with zero attached hydrogens (tertiary/aromatic N) is 2. The summed E-state index contributed by atoms with van der Waals surface area (Å²) in [5.41, 5.74) is 3.40. The van der Waals surface area contributed by atoms with Crippen LogP contribution in [0.25, 0.3) is 16.9 Å². The second-order valence-corrected chi connectivity index (χ2v) is 8.61. The molecule has 8 heteroatoms. The lowest BCUT2D eigenvalue weighted by Gasteiger charge is -2.13. The molecule has 0 saturated heterocycles. The highest BCUT2D eigenvalue weighted by Gasteiger charge is 2.18. The number of rotatable bonds is 5. The van der Waals surface area contributed by atoms with E-state index >= 15 is 0 Å². The summed E-state index contributed by atoms with van der Waals surface area (Å²) < 4.78 is 35.6. The van der Waals surface area contributed by atoms with E-state index in [-0.39, 0.29) is 4.90 Å². The van der Waals surface area contributed by atoms with E-state index in [1.807, 2.05) is 48.0 Å². The molecule has 0 aliphatic rings. The van der Waals surface area contributed by atoms with E-state index in [4.69, 9.17) is 16.3 Å². The van der Waals surface area contributed by atoms with Crippen molar-refractivity contribution in [3.63, 3.8) is 0 Å². The van der Waals surface area contributed by atoms with Crippen molar-refractivity contribution in [1.29, 1.82) is 0 Å². The van der Waals surface area contributed by atoms with E-state index < -0.39 is 10.0 Å². The number of hydrogen-bond acceptors (Lipinski definition) is 4. The largest absolute Gasteiger partial charge is 0.495 e. The second kappa shape index (κ2) is 7.42. The molecule has 6 nitrogen and oxygen atoms in total. The summed E-state index contributed by atoms with van der Waals surface area (Å²) in [6.45, 7) is 1.81. The quantitative estimate of drug-likeness (QED) is 0.497. The normalized spacial score (nSPS) is 11.6. The zero-order valence-electron chi connectivity index (χ0n) is 15.8. The molecule has 4 rings (SSSR count). The monoisotopic (exact) mass is 427 g/mol. The molecule has 29 heavy (non-hydrogen) atoms. The molecular weight excluding hydrogens is 410 g/mol. The Morgan fingerprint density at radius 2 is 1.93 bits per heavy atom. The number of aryl methyl sites for hydroxylation is 1. The fraction of sp³-hybridized carbons (Fsp3) is 0.0952. The number of imidazole rings is 1. The first-order valence-corrected chi connectivity index (χ1v) is 10.6. The van der Waals surface area contributed by atoms with Crippen LogP contribution < -0.4 is 9.46 Å². The molecular formula is C21H18ClN3O3S. The highest BCUT2D eigenvalue weighted by molar-refractivity contribution is 7.92. The second-order valence-electron chi connectivity index (χ2n) is 6.52. The zero-order valence-corrected chi connectivity index (χ0v) is 17.3. The number of ether oxygens (including phenoxy) is 1. The molecule has 1 N–H and O–H groups in total. The minimum absolute atomic E-state index is 0.0771. The Labute approximate surface area is 173 Å². The maximum atomic E-state index is 12.9. The van der Waals surface area contributed by atoms with E-state index in [1.165, 1.54) is 19.2 Å². The summed E-state index contributed by atoms with van der Waals surface area (Å²) in [6, 6.07) is 15.6. The van der Waals surface area contributed by atoms with Crippen molar-refractivity contribution in [3.05, 3.63) is 77.6 Å². The van der Waals surface area contributed by atoms with Crippen molar-refractivity contribution >= 4 is 33.0 Å². The summed E-state index contributed by atoms with van der Waals surface area (Å²) in [5, 5.41) is 0.387. The molecule has 0 aliphatic carbocycles. The van der Waals surface area contributed by atoms with Crippen molar-refractivity contribution in [2.75, 3.05) is 11.8 Å². The third-order valence-corrected chi connectivity index (χ3v) is 6.33. The molecule has 0 radical (unpaired) electrons. The van der Waals surface area contributed by atoms with Crippen LogP contribution in [0.5, 0.6) is 5.75 Å². The van der Waals surface area contributed by atoms with Gasteiger partial charge in [-0.05, 0) is 55.0 Å². The predicted octanol–water partition coefficient (Wildman–Crippen LogP) is 4.77. The Bertz CT molecular complexity index is 1280. The lowest BCUT2D eigenvalue weighted by atomic mass is 10.1. The third kappa shape index (κ3) is 3.79. The Morgan fingerprint density at radius 3 is 2.66 bits per heavy atom. The standard InChI is InChI=1S/C21H18ClN3O3S/c1-14-6-8-16(12-17(14)22)29(26,27)24-18-11-15(7-9-20(18)28-2)19-13-25-10-4-3-5-21(25)23-19/h3-13,24H,1-2H3. The topological polar surface area (TPSA) is 72.7 Å². The van der Waals surface area contributed by atoms with Crippen LogP contribution in [0.1, 0.15) is 5.56 Å². The lowest BCUT2D eigenvalue weighted by Crippen LogP contribution is -2.14. The molecule has 0 atom stereocenters. The molecule has 4 aromatic rings.